The summed E-state index contributed by atoms with van der Waals surface area (Å²) in [6, 6.07) is 14.1. The predicted molar refractivity (Wildman–Crippen MR) is 113 cm³/mol. The minimum Gasteiger partial charge on any atom is -0.335 e. The van der Waals surface area contributed by atoms with Crippen molar-refractivity contribution in [3.05, 3.63) is 65.2 Å². The Labute approximate surface area is 171 Å². The number of urea groups is 1. The highest BCUT2D eigenvalue weighted by Gasteiger charge is 2.25. The third kappa shape index (κ3) is 5.80. The maximum Gasteiger partial charge on any atom is 0.321 e. The molecule has 29 heavy (non-hydrogen) atoms. The number of nitrogens with zero attached hydrogens (tertiary/aromatic N) is 2. The Morgan fingerprint density at radius 1 is 0.966 bits per heavy atom. The number of aryl methyl sites for hydroxylation is 1. The van der Waals surface area contributed by atoms with E-state index in [4.69, 9.17) is 0 Å². The van der Waals surface area contributed by atoms with E-state index in [-0.39, 0.29) is 17.7 Å². The summed E-state index contributed by atoms with van der Waals surface area (Å²) in [6.45, 7) is 3.69. The molecule has 1 aliphatic heterocycles. The molecule has 2 aromatic rings. The van der Waals surface area contributed by atoms with Crippen LogP contribution in [0.3, 0.4) is 0 Å². The molecule has 0 unspecified atom stereocenters. The van der Waals surface area contributed by atoms with Crippen LogP contribution >= 0.6 is 0 Å². The van der Waals surface area contributed by atoms with Crippen LogP contribution in [0.15, 0.2) is 48.5 Å². The normalized spacial score (nSPS) is 14.6. The SMILES string of the molecule is Cc1cccc(NC(=O)N2CCN(C(=O)c3cccc(CS(C)(=O)=O)c3)CC2)c1. The average Bonchev–Trinajstić information content (AvgIpc) is 2.66. The highest BCUT2D eigenvalue weighted by Crippen LogP contribution is 2.15. The monoisotopic (exact) mass is 415 g/mol. The van der Waals surface area contributed by atoms with Gasteiger partial charge >= 0.3 is 6.03 Å². The molecule has 0 bridgehead atoms. The molecule has 1 fully saturated rings. The van der Waals surface area contributed by atoms with Gasteiger partial charge in [-0.05, 0) is 42.3 Å². The Balaban J connectivity index is 1.58. The van der Waals surface area contributed by atoms with Gasteiger partial charge < -0.3 is 15.1 Å². The molecule has 0 aliphatic carbocycles. The summed E-state index contributed by atoms with van der Waals surface area (Å²) in [6.07, 6.45) is 1.17. The van der Waals surface area contributed by atoms with Gasteiger partial charge in [-0.2, -0.15) is 0 Å². The van der Waals surface area contributed by atoms with Crippen LogP contribution in [0.1, 0.15) is 21.5 Å². The van der Waals surface area contributed by atoms with Crippen LogP contribution in [0.5, 0.6) is 0 Å². The first-order chi connectivity index (χ1) is 13.7. The van der Waals surface area contributed by atoms with E-state index in [2.05, 4.69) is 5.32 Å². The summed E-state index contributed by atoms with van der Waals surface area (Å²) in [5.41, 5.74) is 2.87. The molecule has 7 nitrogen and oxygen atoms in total. The van der Waals surface area contributed by atoms with Gasteiger partial charge in [0, 0.05) is 43.7 Å². The number of hydrogen-bond donors (Lipinski definition) is 1. The second-order valence-corrected chi connectivity index (χ2v) is 9.49. The lowest BCUT2D eigenvalue weighted by Gasteiger charge is -2.34. The van der Waals surface area contributed by atoms with Crippen LogP contribution in [0, 0.1) is 6.92 Å². The molecule has 8 heteroatoms. The summed E-state index contributed by atoms with van der Waals surface area (Å²) in [7, 11) is -3.17. The minimum atomic E-state index is -3.17. The fraction of sp³-hybridized carbons (Fsp3) is 0.333. The summed E-state index contributed by atoms with van der Waals surface area (Å²) in [5, 5.41) is 2.88. The van der Waals surface area contributed by atoms with Gasteiger partial charge in [0.25, 0.3) is 5.91 Å². The van der Waals surface area contributed by atoms with Crippen LogP contribution in [-0.4, -0.2) is 62.6 Å². The van der Waals surface area contributed by atoms with E-state index in [1.807, 2.05) is 31.2 Å². The number of anilines is 1. The Morgan fingerprint density at radius 3 is 2.28 bits per heavy atom. The van der Waals surface area contributed by atoms with Gasteiger partial charge in [0.2, 0.25) is 0 Å². The maximum absolute atomic E-state index is 12.8. The topological polar surface area (TPSA) is 86.8 Å². The fourth-order valence-corrected chi connectivity index (χ4v) is 4.10. The van der Waals surface area contributed by atoms with E-state index in [1.165, 1.54) is 6.26 Å². The number of piperazine rings is 1. The molecule has 154 valence electrons. The van der Waals surface area contributed by atoms with Crippen molar-refractivity contribution >= 4 is 27.5 Å². The van der Waals surface area contributed by atoms with Gasteiger partial charge in [-0.15, -0.1) is 0 Å². The van der Waals surface area contributed by atoms with Gasteiger partial charge in [0.15, 0.2) is 9.84 Å². The Hall–Kier alpha value is -2.87. The van der Waals surface area contributed by atoms with Crippen molar-refractivity contribution in [3.8, 4) is 0 Å². The van der Waals surface area contributed by atoms with Gasteiger partial charge in [-0.1, -0.05) is 24.3 Å². The molecule has 0 atom stereocenters. The molecule has 1 N–H and O–H groups in total. The Bertz CT molecular complexity index is 1010. The van der Waals surface area contributed by atoms with Crippen molar-refractivity contribution in [2.75, 3.05) is 37.8 Å². The van der Waals surface area contributed by atoms with Crippen molar-refractivity contribution in [1.82, 2.24) is 9.80 Å². The first-order valence-corrected chi connectivity index (χ1v) is 11.5. The summed E-state index contributed by atoms with van der Waals surface area (Å²) in [5.74, 6) is -0.250. The third-order valence-electron chi connectivity index (χ3n) is 4.73. The van der Waals surface area contributed by atoms with E-state index >= 15 is 0 Å². The molecule has 1 saturated heterocycles. The van der Waals surface area contributed by atoms with Crippen LogP contribution in [-0.2, 0) is 15.6 Å². The number of hydrogen-bond acceptors (Lipinski definition) is 4. The lowest BCUT2D eigenvalue weighted by Crippen LogP contribution is -2.51. The average molecular weight is 416 g/mol. The minimum absolute atomic E-state index is 0.0962. The first-order valence-electron chi connectivity index (χ1n) is 9.40. The number of sulfone groups is 1. The Morgan fingerprint density at radius 2 is 1.62 bits per heavy atom. The molecule has 0 radical (unpaired) electrons. The fourth-order valence-electron chi connectivity index (χ4n) is 3.32. The molecule has 1 aliphatic rings. The highest BCUT2D eigenvalue weighted by atomic mass is 32.2. The van der Waals surface area contributed by atoms with Gasteiger partial charge in [0.1, 0.15) is 0 Å². The molecule has 1 heterocycles. The zero-order chi connectivity index (χ0) is 21.0. The molecular weight excluding hydrogens is 390 g/mol. The lowest BCUT2D eigenvalue weighted by molar-refractivity contribution is 0.0671. The van der Waals surface area contributed by atoms with E-state index in [0.29, 0.717) is 37.3 Å². The van der Waals surface area contributed by atoms with E-state index < -0.39 is 9.84 Å². The largest absolute Gasteiger partial charge is 0.335 e. The predicted octanol–water partition coefficient (Wildman–Crippen LogP) is 2.53. The van der Waals surface area contributed by atoms with Crippen LogP contribution in [0.2, 0.25) is 0 Å². The number of nitrogens with one attached hydrogen (secondary N) is 1. The van der Waals surface area contributed by atoms with Crippen molar-refractivity contribution in [3.63, 3.8) is 0 Å². The van der Waals surface area contributed by atoms with Gasteiger partial charge in [-0.3, -0.25) is 4.79 Å². The van der Waals surface area contributed by atoms with Crippen molar-refractivity contribution in [1.29, 1.82) is 0 Å². The zero-order valence-corrected chi connectivity index (χ0v) is 17.4. The Kier molecular flexibility index (Phi) is 6.22. The molecule has 0 spiro atoms. The van der Waals surface area contributed by atoms with E-state index in [9.17, 15) is 18.0 Å². The highest BCUT2D eigenvalue weighted by molar-refractivity contribution is 7.89. The second kappa shape index (κ2) is 8.65. The quantitative estimate of drug-likeness (QED) is 0.831. The van der Waals surface area contributed by atoms with E-state index in [1.54, 1.807) is 34.1 Å². The summed E-state index contributed by atoms with van der Waals surface area (Å²) in [4.78, 5) is 28.6. The molecule has 3 rings (SSSR count). The van der Waals surface area contributed by atoms with Crippen LogP contribution < -0.4 is 5.32 Å². The molecular formula is C21H25N3O4S. The van der Waals surface area contributed by atoms with Crippen LogP contribution in [0.25, 0.3) is 0 Å². The zero-order valence-electron chi connectivity index (χ0n) is 16.6. The standard InChI is InChI=1S/C21H25N3O4S/c1-16-5-3-8-19(13-16)22-21(26)24-11-9-23(10-12-24)20(25)18-7-4-6-17(14-18)15-29(2,27)28/h3-8,13-14H,9-12,15H2,1-2H3,(H,22,26). The number of benzene rings is 2. The smallest absolute Gasteiger partial charge is 0.321 e. The van der Waals surface area contributed by atoms with Crippen molar-refractivity contribution in [2.24, 2.45) is 0 Å². The molecule has 0 saturated carbocycles. The second-order valence-electron chi connectivity index (χ2n) is 7.35. The lowest BCUT2D eigenvalue weighted by atomic mass is 10.1. The van der Waals surface area contributed by atoms with E-state index in [0.717, 1.165) is 11.3 Å². The first kappa shape index (κ1) is 20.9. The van der Waals surface area contributed by atoms with Crippen molar-refractivity contribution in [2.45, 2.75) is 12.7 Å². The number of carbonyl (C=O) groups is 2. The third-order valence-corrected chi connectivity index (χ3v) is 5.58. The molecule has 0 aromatic heterocycles. The van der Waals surface area contributed by atoms with Gasteiger partial charge in [0.05, 0.1) is 5.75 Å². The van der Waals surface area contributed by atoms with Gasteiger partial charge in [-0.25, -0.2) is 13.2 Å². The van der Waals surface area contributed by atoms with Crippen LogP contribution in [0.4, 0.5) is 10.5 Å². The molecule has 3 amide bonds. The summed E-state index contributed by atoms with van der Waals surface area (Å²) < 4.78 is 23.0. The number of amides is 3. The maximum atomic E-state index is 12.8. The summed E-state index contributed by atoms with van der Waals surface area (Å²) >= 11 is 0. The number of carbonyl (C=O) groups excluding carboxylic acids is 2. The number of rotatable bonds is 4. The molecule has 2 aromatic carbocycles. The van der Waals surface area contributed by atoms with Crippen molar-refractivity contribution < 1.29 is 18.0 Å².